The summed E-state index contributed by atoms with van der Waals surface area (Å²) in [5.41, 5.74) is 5.49. The summed E-state index contributed by atoms with van der Waals surface area (Å²) in [5.74, 6) is 6.19. The maximum absolute atomic E-state index is 13.5. The van der Waals surface area contributed by atoms with Gasteiger partial charge in [-0.15, -0.1) is 10.2 Å². The van der Waals surface area contributed by atoms with Gasteiger partial charge < -0.3 is 15.2 Å². The molecule has 0 radical (unpaired) electrons. The fourth-order valence-corrected chi connectivity index (χ4v) is 3.68. The zero-order chi connectivity index (χ0) is 26.4. The number of nitrogens with zero attached hydrogens (tertiary/aromatic N) is 5. The second-order valence-corrected chi connectivity index (χ2v) is 8.62. The smallest absolute Gasteiger partial charge is 0.280 e. The van der Waals surface area contributed by atoms with Crippen molar-refractivity contribution in [2.24, 2.45) is 16.6 Å². The predicted molar refractivity (Wildman–Crippen MR) is 134 cm³/mol. The first-order valence-electron chi connectivity index (χ1n) is 10.9. The lowest BCUT2D eigenvalue weighted by atomic mass is 10.00. The highest BCUT2D eigenvalue weighted by atomic mass is 32.1. The lowest BCUT2D eigenvalue weighted by Crippen LogP contribution is -2.14. The fourth-order valence-electron chi connectivity index (χ4n) is 3.08. The summed E-state index contributed by atoms with van der Waals surface area (Å²) in [7, 11) is 2.89. The molecule has 37 heavy (non-hydrogen) atoms. The number of allylic oxidation sites excluding steroid dienone is 1. The molecule has 1 aliphatic carbocycles. The molecule has 4 rings (SSSR count). The lowest BCUT2D eigenvalue weighted by Gasteiger charge is -2.15. The molecule has 0 aromatic carbocycles. The Bertz CT molecular complexity index is 1430. The number of pyridine rings is 2. The van der Waals surface area contributed by atoms with Crippen LogP contribution in [0, 0.1) is 17.8 Å². The first kappa shape index (κ1) is 25.6. The standard InChI is InChI=1S/C24H21F2N7O3S/c1-28-10-14(9-27)36-20-8-15(16-7-18(22(25)26)29-12-19(16)35-2)17(11-30-20)23(34)31-24-33-32-21(37-24)6-5-13-3-4-13/h7-13,22H,3-4,27H2,1-2H3,(H,31,33,34). The van der Waals surface area contributed by atoms with Crippen molar-refractivity contribution in [2.75, 3.05) is 19.5 Å². The van der Waals surface area contributed by atoms with Crippen LogP contribution in [0.5, 0.6) is 11.6 Å². The van der Waals surface area contributed by atoms with E-state index >= 15 is 0 Å². The van der Waals surface area contributed by atoms with Gasteiger partial charge in [-0.1, -0.05) is 17.3 Å². The van der Waals surface area contributed by atoms with E-state index in [-0.39, 0.29) is 39.2 Å². The number of hydrogen-bond acceptors (Lipinski definition) is 10. The monoisotopic (exact) mass is 525 g/mol. The van der Waals surface area contributed by atoms with Gasteiger partial charge in [-0.2, -0.15) is 0 Å². The second-order valence-electron chi connectivity index (χ2n) is 7.65. The molecule has 0 unspecified atom stereocenters. The van der Waals surface area contributed by atoms with Crippen LogP contribution in [-0.2, 0) is 0 Å². The Labute approximate surface area is 214 Å². The Morgan fingerprint density at radius 1 is 1.27 bits per heavy atom. The van der Waals surface area contributed by atoms with Crippen LogP contribution in [0.4, 0.5) is 13.9 Å². The number of rotatable bonds is 8. The molecule has 0 saturated heterocycles. The Hall–Kier alpha value is -4.44. The quantitative estimate of drug-likeness (QED) is 0.257. The van der Waals surface area contributed by atoms with Crippen molar-refractivity contribution >= 4 is 28.6 Å². The van der Waals surface area contributed by atoms with E-state index in [1.807, 2.05) is 0 Å². The Morgan fingerprint density at radius 2 is 2.08 bits per heavy atom. The highest BCUT2D eigenvalue weighted by molar-refractivity contribution is 7.15. The van der Waals surface area contributed by atoms with E-state index in [1.54, 1.807) is 0 Å². The molecule has 3 heterocycles. The van der Waals surface area contributed by atoms with Crippen LogP contribution >= 0.6 is 11.3 Å². The van der Waals surface area contributed by atoms with Crippen molar-refractivity contribution < 1.29 is 23.0 Å². The van der Waals surface area contributed by atoms with Crippen LogP contribution in [-0.4, -0.2) is 46.4 Å². The van der Waals surface area contributed by atoms with E-state index in [4.69, 9.17) is 15.2 Å². The first-order chi connectivity index (χ1) is 17.9. The number of halogens is 2. The van der Waals surface area contributed by atoms with Crippen LogP contribution in [0.1, 0.15) is 40.3 Å². The van der Waals surface area contributed by atoms with Gasteiger partial charge in [0.2, 0.25) is 11.0 Å². The number of nitrogens with two attached hydrogens (primary N) is 1. The Balaban J connectivity index is 1.73. The Morgan fingerprint density at radius 3 is 2.76 bits per heavy atom. The van der Waals surface area contributed by atoms with Crippen LogP contribution < -0.4 is 20.5 Å². The molecule has 1 fully saturated rings. The number of alkyl halides is 2. The van der Waals surface area contributed by atoms with Gasteiger partial charge in [0, 0.05) is 42.6 Å². The highest BCUT2D eigenvalue weighted by Gasteiger charge is 2.22. The molecule has 0 aliphatic heterocycles. The van der Waals surface area contributed by atoms with Gasteiger partial charge in [-0.05, 0) is 24.8 Å². The summed E-state index contributed by atoms with van der Waals surface area (Å²) in [6.07, 6.45) is 4.25. The normalized spacial score (nSPS) is 13.4. The summed E-state index contributed by atoms with van der Waals surface area (Å²) in [5, 5.41) is 11.3. The predicted octanol–water partition coefficient (Wildman–Crippen LogP) is 3.83. The number of methoxy groups -OCH3 is 1. The largest absolute Gasteiger partial charge is 0.494 e. The molecule has 0 bridgehead atoms. The molecular formula is C24H21F2N7O3S. The molecule has 13 heteroatoms. The molecule has 3 aromatic rings. The van der Waals surface area contributed by atoms with Crippen molar-refractivity contribution in [3.8, 4) is 34.6 Å². The lowest BCUT2D eigenvalue weighted by molar-refractivity contribution is 0.102. The van der Waals surface area contributed by atoms with Crippen LogP contribution in [0.15, 0.2) is 41.5 Å². The number of hydrogen-bond donors (Lipinski definition) is 2. The van der Waals surface area contributed by atoms with Crippen LogP contribution in [0.25, 0.3) is 11.1 Å². The van der Waals surface area contributed by atoms with E-state index in [0.29, 0.717) is 10.9 Å². The molecule has 1 aliphatic rings. The molecule has 0 spiro atoms. The first-order valence-corrected chi connectivity index (χ1v) is 11.7. The number of carbonyl (C=O) groups excluding carboxylic acids is 1. The second kappa shape index (κ2) is 11.5. The maximum Gasteiger partial charge on any atom is 0.280 e. The number of aliphatic imine (C=N–C) groups is 1. The number of nitrogens with one attached hydrogen (secondary N) is 1. The Kier molecular flexibility index (Phi) is 7.99. The SMILES string of the molecule is CN=CC(=CN)Oc1cc(-c2cc(C(F)F)ncc2OC)c(C(=O)Nc2nnc(C#CC3CC3)s2)cn1. The van der Waals surface area contributed by atoms with E-state index in [9.17, 15) is 13.6 Å². The van der Waals surface area contributed by atoms with E-state index < -0.39 is 18.0 Å². The molecule has 0 atom stereocenters. The van der Waals surface area contributed by atoms with Gasteiger partial charge in [0.1, 0.15) is 11.4 Å². The fraction of sp³-hybridized carbons (Fsp3) is 0.250. The maximum atomic E-state index is 13.5. The summed E-state index contributed by atoms with van der Waals surface area (Å²) in [4.78, 5) is 25.0. The molecule has 3 aromatic heterocycles. The number of carbonyl (C=O) groups is 1. The summed E-state index contributed by atoms with van der Waals surface area (Å²) < 4.78 is 37.9. The molecular weight excluding hydrogens is 504 g/mol. The topological polar surface area (TPSA) is 138 Å². The van der Waals surface area contributed by atoms with Crippen molar-refractivity contribution in [1.29, 1.82) is 0 Å². The average molecular weight is 526 g/mol. The van der Waals surface area contributed by atoms with Gasteiger partial charge in [0.15, 0.2) is 10.8 Å². The van der Waals surface area contributed by atoms with Crippen molar-refractivity contribution in [1.82, 2.24) is 20.2 Å². The third kappa shape index (κ3) is 6.42. The van der Waals surface area contributed by atoms with Crippen LogP contribution in [0.3, 0.4) is 0 Å². The van der Waals surface area contributed by atoms with Gasteiger partial charge in [0.05, 0.1) is 25.1 Å². The van der Waals surface area contributed by atoms with Gasteiger partial charge in [0.25, 0.3) is 12.3 Å². The van der Waals surface area contributed by atoms with Gasteiger partial charge in [-0.3, -0.25) is 20.1 Å². The zero-order valence-corrected chi connectivity index (χ0v) is 20.6. The molecule has 3 N–H and O–H groups in total. The average Bonchev–Trinajstić information content (AvgIpc) is 3.63. The van der Waals surface area contributed by atoms with E-state index in [0.717, 1.165) is 36.4 Å². The number of anilines is 1. The van der Waals surface area contributed by atoms with Gasteiger partial charge in [-0.25, -0.2) is 13.8 Å². The highest BCUT2D eigenvalue weighted by Crippen LogP contribution is 2.36. The number of ether oxygens (including phenoxy) is 2. The third-order valence-corrected chi connectivity index (χ3v) is 5.75. The minimum Gasteiger partial charge on any atom is -0.494 e. The van der Waals surface area contributed by atoms with Crippen LogP contribution in [0.2, 0.25) is 0 Å². The number of amides is 1. The summed E-state index contributed by atoms with van der Waals surface area (Å²) >= 11 is 1.12. The van der Waals surface area contributed by atoms with Crippen molar-refractivity contribution in [3.63, 3.8) is 0 Å². The minimum absolute atomic E-state index is 0.0363. The zero-order valence-electron chi connectivity index (χ0n) is 19.7. The number of aromatic nitrogens is 4. The summed E-state index contributed by atoms with van der Waals surface area (Å²) in [6, 6.07) is 2.55. The van der Waals surface area contributed by atoms with Crippen molar-refractivity contribution in [2.45, 2.75) is 19.3 Å². The minimum atomic E-state index is -2.84. The molecule has 190 valence electrons. The van der Waals surface area contributed by atoms with Crippen molar-refractivity contribution in [3.05, 3.63) is 52.8 Å². The van der Waals surface area contributed by atoms with E-state index in [1.165, 1.54) is 38.8 Å². The molecule has 1 saturated carbocycles. The van der Waals surface area contributed by atoms with E-state index in [2.05, 4.69) is 42.3 Å². The summed E-state index contributed by atoms with van der Waals surface area (Å²) in [6.45, 7) is 0. The molecule has 10 nitrogen and oxygen atoms in total. The third-order valence-electron chi connectivity index (χ3n) is 4.99. The molecule has 1 amide bonds. The van der Waals surface area contributed by atoms with Gasteiger partial charge >= 0.3 is 0 Å².